The molecule has 2 N–H and O–H groups in total. The van der Waals surface area contributed by atoms with Gasteiger partial charge >= 0.3 is 0 Å². The molecule has 4 nitrogen and oxygen atoms in total. The summed E-state index contributed by atoms with van der Waals surface area (Å²) >= 11 is 6.63. The Morgan fingerprint density at radius 1 is 1.20 bits per heavy atom. The quantitative estimate of drug-likeness (QED) is 0.645. The summed E-state index contributed by atoms with van der Waals surface area (Å²) < 4.78 is 0.712. The summed E-state index contributed by atoms with van der Waals surface area (Å²) in [4.78, 5) is 26.3. The van der Waals surface area contributed by atoms with Gasteiger partial charge in [-0.05, 0) is 64.9 Å². The summed E-state index contributed by atoms with van der Waals surface area (Å²) in [5.74, 6) is 0.384. The number of amides is 2. The number of benzene rings is 1. The van der Waals surface area contributed by atoms with Gasteiger partial charge in [-0.1, -0.05) is 18.2 Å². The topological polar surface area (TPSA) is 58.2 Å². The lowest BCUT2D eigenvalue weighted by Crippen LogP contribution is -2.47. The molecule has 2 rings (SSSR count). The Morgan fingerprint density at radius 2 is 1.96 bits per heavy atom. The Morgan fingerprint density at radius 3 is 2.60 bits per heavy atom. The second kappa shape index (κ2) is 9.99. The van der Waals surface area contributed by atoms with E-state index in [-0.39, 0.29) is 17.9 Å². The Balaban J connectivity index is 2.05. The maximum atomic E-state index is 12.7. The van der Waals surface area contributed by atoms with E-state index < -0.39 is 6.04 Å². The zero-order valence-electron chi connectivity index (χ0n) is 14.1. The van der Waals surface area contributed by atoms with Crippen LogP contribution in [0.15, 0.2) is 46.3 Å². The molecule has 1 heterocycles. The van der Waals surface area contributed by atoms with E-state index in [4.69, 9.17) is 0 Å². The van der Waals surface area contributed by atoms with Crippen LogP contribution in [-0.4, -0.2) is 29.9 Å². The number of thioether (sulfide) groups is 1. The molecule has 0 spiro atoms. The molecule has 0 aliphatic carbocycles. The summed E-state index contributed by atoms with van der Waals surface area (Å²) in [7, 11) is 0. The highest BCUT2D eigenvalue weighted by molar-refractivity contribution is 9.10. The van der Waals surface area contributed by atoms with Gasteiger partial charge in [0.1, 0.15) is 6.04 Å². The molecule has 134 valence electrons. The highest BCUT2D eigenvalue weighted by atomic mass is 79.9. The van der Waals surface area contributed by atoms with Crippen molar-refractivity contribution in [1.29, 1.82) is 0 Å². The van der Waals surface area contributed by atoms with Crippen molar-refractivity contribution in [3.8, 4) is 0 Å². The van der Waals surface area contributed by atoms with E-state index in [1.807, 2.05) is 42.8 Å². The molecule has 2 atom stereocenters. The van der Waals surface area contributed by atoms with E-state index in [0.717, 1.165) is 10.6 Å². The smallest absolute Gasteiger partial charge is 0.253 e. The van der Waals surface area contributed by atoms with E-state index in [0.29, 0.717) is 16.5 Å². The first-order valence-corrected chi connectivity index (χ1v) is 11.0. The molecule has 2 aromatic rings. The van der Waals surface area contributed by atoms with Gasteiger partial charge in [0, 0.05) is 9.35 Å². The van der Waals surface area contributed by atoms with Crippen LogP contribution in [0.25, 0.3) is 0 Å². The zero-order chi connectivity index (χ0) is 18.2. The summed E-state index contributed by atoms with van der Waals surface area (Å²) in [6, 6.07) is 10.5. The van der Waals surface area contributed by atoms with Crippen molar-refractivity contribution in [1.82, 2.24) is 10.6 Å². The third-order valence-corrected chi connectivity index (χ3v) is 6.07. The van der Waals surface area contributed by atoms with Gasteiger partial charge in [0.25, 0.3) is 5.91 Å². The molecule has 0 fully saturated rings. The zero-order valence-corrected chi connectivity index (χ0v) is 17.3. The van der Waals surface area contributed by atoms with Crippen LogP contribution in [0.4, 0.5) is 0 Å². The molecule has 0 radical (unpaired) electrons. The van der Waals surface area contributed by atoms with Gasteiger partial charge in [-0.3, -0.25) is 9.59 Å². The lowest BCUT2D eigenvalue weighted by Gasteiger charge is -2.21. The molecule has 25 heavy (non-hydrogen) atoms. The van der Waals surface area contributed by atoms with Crippen LogP contribution >= 0.6 is 39.0 Å². The van der Waals surface area contributed by atoms with Crippen molar-refractivity contribution in [3.05, 3.63) is 56.7 Å². The summed E-state index contributed by atoms with van der Waals surface area (Å²) in [5.41, 5.74) is 0.524. The van der Waals surface area contributed by atoms with E-state index >= 15 is 0 Å². The van der Waals surface area contributed by atoms with E-state index in [9.17, 15) is 9.59 Å². The first-order chi connectivity index (χ1) is 12.0. The molecule has 1 aromatic heterocycles. The van der Waals surface area contributed by atoms with Crippen LogP contribution in [0.5, 0.6) is 0 Å². The van der Waals surface area contributed by atoms with Crippen molar-refractivity contribution in [3.63, 3.8) is 0 Å². The average Bonchev–Trinajstić information content (AvgIpc) is 3.13. The van der Waals surface area contributed by atoms with Gasteiger partial charge in [0.15, 0.2) is 0 Å². The van der Waals surface area contributed by atoms with Crippen LogP contribution in [0.1, 0.15) is 34.6 Å². The lowest BCUT2D eigenvalue weighted by molar-refractivity contribution is -0.123. The van der Waals surface area contributed by atoms with Crippen molar-refractivity contribution in [2.24, 2.45) is 0 Å². The lowest BCUT2D eigenvalue weighted by atomic mass is 10.1. The third kappa shape index (κ3) is 5.87. The number of carbonyl (C=O) groups is 2. The van der Waals surface area contributed by atoms with Crippen LogP contribution < -0.4 is 10.6 Å². The second-order valence-electron chi connectivity index (χ2n) is 5.53. The molecule has 0 bridgehead atoms. The highest BCUT2D eigenvalue weighted by Gasteiger charge is 2.23. The van der Waals surface area contributed by atoms with E-state index in [2.05, 4.69) is 26.6 Å². The molecule has 2 unspecified atom stereocenters. The fourth-order valence-electron chi connectivity index (χ4n) is 2.31. The van der Waals surface area contributed by atoms with E-state index in [1.165, 1.54) is 0 Å². The van der Waals surface area contributed by atoms with Gasteiger partial charge in [0.05, 0.1) is 11.6 Å². The Bertz CT molecular complexity index is 707. The number of halogens is 1. The van der Waals surface area contributed by atoms with Crippen LogP contribution in [0, 0.1) is 0 Å². The standard InChI is InChI=1S/C18H21BrN2O2S2/c1-12(16-8-5-10-25-16)20-18(23)15(9-11-24-2)21-17(22)13-6-3-4-7-14(13)19/h3-8,10,12,15H,9,11H2,1-2H3,(H,20,23)(H,21,22). The Hall–Kier alpha value is -1.31. The third-order valence-electron chi connectivity index (χ3n) is 3.68. The first kappa shape index (κ1) is 20.0. The number of carbonyl (C=O) groups excluding carboxylic acids is 2. The van der Waals surface area contributed by atoms with Crippen molar-refractivity contribution >= 4 is 50.8 Å². The number of rotatable bonds is 8. The fraction of sp³-hybridized carbons (Fsp3) is 0.333. The Kier molecular flexibility index (Phi) is 7.99. The summed E-state index contributed by atoms with van der Waals surface area (Å²) in [5, 5.41) is 7.85. The number of thiophene rings is 1. The first-order valence-electron chi connectivity index (χ1n) is 7.91. The maximum absolute atomic E-state index is 12.7. The highest BCUT2D eigenvalue weighted by Crippen LogP contribution is 2.19. The normalized spacial score (nSPS) is 13.1. The summed E-state index contributed by atoms with van der Waals surface area (Å²) in [6.07, 6.45) is 2.57. The predicted octanol–water partition coefficient (Wildman–Crippen LogP) is 4.24. The monoisotopic (exact) mass is 440 g/mol. The molecule has 0 aliphatic heterocycles. The maximum Gasteiger partial charge on any atom is 0.253 e. The molecule has 0 saturated carbocycles. The van der Waals surface area contributed by atoms with Crippen LogP contribution in [0.2, 0.25) is 0 Å². The molecule has 7 heteroatoms. The largest absolute Gasteiger partial charge is 0.347 e. The van der Waals surface area contributed by atoms with Gasteiger partial charge in [-0.2, -0.15) is 11.8 Å². The van der Waals surface area contributed by atoms with Crippen LogP contribution in [-0.2, 0) is 4.79 Å². The fourth-order valence-corrected chi connectivity index (χ4v) is 3.98. The minimum atomic E-state index is -0.561. The molecule has 0 saturated heterocycles. The van der Waals surface area contributed by atoms with Crippen molar-refractivity contribution < 1.29 is 9.59 Å². The predicted molar refractivity (Wildman–Crippen MR) is 109 cm³/mol. The molecular weight excluding hydrogens is 420 g/mol. The number of hydrogen-bond acceptors (Lipinski definition) is 4. The second-order valence-corrected chi connectivity index (χ2v) is 8.35. The molecular formula is C18H21BrN2O2S2. The average molecular weight is 441 g/mol. The van der Waals surface area contributed by atoms with Gasteiger partial charge in [0.2, 0.25) is 5.91 Å². The van der Waals surface area contributed by atoms with Gasteiger partial charge in [-0.25, -0.2) is 0 Å². The number of nitrogens with one attached hydrogen (secondary N) is 2. The van der Waals surface area contributed by atoms with Crippen LogP contribution in [0.3, 0.4) is 0 Å². The molecule has 0 aliphatic rings. The van der Waals surface area contributed by atoms with Gasteiger partial charge in [-0.15, -0.1) is 11.3 Å². The Labute approximate surface area is 164 Å². The van der Waals surface area contributed by atoms with Crippen molar-refractivity contribution in [2.45, 2.75) is 25.4 Å². The molecule has 1 aromatic carbocycles. The summed E-state index contributed by atoms with van der Waals surface area (Å²) in [6.45, 7) is 1.95. The SMILES string of the molecule is CSCCC(NC(=O)c1ccccc1Br)C(=O)NC(C)c1cccs1. The molecule has 2 amide bonds. The minimum absolute atomic E-state index is 0.0790. The number of hydrogen-bond donors (Lipinski definition) is 2. The van der Waals surface area contributed by atoms with Crippen molar-refractivity contribution in [2.75, 3.05) is 12.0 Å². The minimum Gasteiger partial charge on any atom is -0.347 e. The van der Waals surface area contributed by atoms with E-state index in [1.54, 1.807) is 35.2 Å². The van der Waals surface area contributed by atoms with Gasteiger partial charge < -0.3 is 10.6 Å².